The minimum atomic E-state index is 0.479. The first-order valence-electron chi connectivity index (χ1n) is 12.6. The third-order valence-corrected chi connectivity index (χ3v) is 8.62. The highest BCUT2D eigenvalue weighted by molar-refractivity contribution is 7.99. The predicted octanol–water partition coefficient (Wildman–Crippen LogP) is 10.7. The Hall–Kier alpha value is -4.47. The second-order valence-electron chi connectivity index (χ2n) is 9.09. The lowest BCUT2D eigenvalue weighted by Crippen LogP contribution is -1.89. The molecule has 0 bridgehead atoms. The van der Waals surface area contributed by atoms with E-state index in [0.29, 0.717) is 32.2 Å². The van der Waals surface area contributed by atoms with Crippen LogP contribution in [-0.4, -0.2) is 12.2 Å². The van der Waals surface area contributed by atoms with Crippen LogP contribution in [0.2, 0.25) is 10.0 Å². The molecule has 0 spiro atoms. The first kappa shape index (κ1) is 26.7. The molecule has 4 nitrogen and oxygen atoms in total. The quantitative estimate of drug-likeness (QED) is 0.143. The van der Waals surface area contributed by atoms with Gasteiger partial charge in [0.1, 0.15) is 0 Å². The Morgan fingerprint density at radius 2 is 0.927 bits per heavy atom. The Morgan fingerprint density at radius 1 is 0.488 bits per heavy atom. The van der Waals surface area contributed by atoms with Crippen molar-refractivity contribution in [3.63, 3.8) is 0 Å². The number of hydrogen-bond acceptors (Lipinski definition) is 5. The van der Waals surface area contributed by atoms with Crippen molar-refractivity contribution in [3.05, 3.63) is 119 Å². The largest absolute Gasteiger partial charge is 0.240 e. The van der Waals surface area contributed by atoms with Crippen LogP contribution < -0.4 is 0 Å². The number of rotatable bonds is 6. The van der Waals surface area contributed by atoms with Crippen molar-refractivity contribution in [2.75, 3.05) is 0 Å². The number of carbonyl (C=O) groups excluding carboxylic acids is 2. The van der Waals surface area contributed by atoms with Gasteiger partial charge in [-0.05, 0) is 69.4 Å². The van der Waals surface area contributed by atoms with Crippen molar-refractivity contribution < 1.29 is 9.59 Å². The van der Waals surface area contributed by atoms with Crippen LogP contribution in [0.4, 0.5) is 11.4 Å². The maximum Gasteiger partial charge on any atom is 0.240 e. The molecule has 0 heterocycles. The van der Waals surface area contributed by atoms with E-state index in [1.165, 1.54) is 0 Å². The van der Waals surface area contributed by atoms with Gasteiger partial charge in [-0.2, -0.15) is 9.98 Å². The SMILES string of the molecule is O=C=Nc1ccc(-c2ccccc2Sc2ccccc2-c2ccc(N=C=O)c3c(Cl)cccc23)c2cccc(Cl)c12. The summed E-state index contributed by atoms with van der Waals surface area (Å²) >= 11 is 14.8. The van der Waals surface area contributed by atoms with Crippen LogP contribution in [0.25, 0.3) is 43.8 Å². The zero-order chi connectivity index (χ0) is 28.3. The first-order valence-corrected chi connectivity index (χ1v) is 14.1. The molecule has 0 fully saturated rings. The van der Waals surface area contributed by atoms with Gasteiger partial charge in [0, 0.05) is 20.6 Å². The molecule has 0 radical (unpaired) electrons. The van der Waals surface area contributed by atoms with E-state index in [0.717, 1.165) is 42.8 Å². The summed E-state index contributed by atoms with van der Waals surface area (Å²) in [6, 6.07) is 35.2. The average Bonchev–Trinajstić information content (AvgIpc) is 2.99. The molecule has 7 heteroatoms. The number of isocyanates is 2. The summed E-state index contributed by atoms with van der Waals surface area (Å²) in [5.41, 5.74) is 4.94. The molecule has 0 aliphatic rings. The molecule has 196 valence electrons. The number of hydrogen-bond donors (Lipinski definition) is 0. The minimum Gasteiger partial charge on any atom is -0.211 e. The van der Waals surface area contributed by atoms with Gasteiger partial charge in [-0.1, -0.05) is 108 Å². The van der Waals surface area contributed by atoms with Crippen molar-refractivity contribution in [1.29, 1.82) is 0 Å². The molecule has 0 aromatic heterocycles. The van der Waals surface area contributed by atoms with E-state index in [2.05, 4.69) is 34.3 Å². The fraction of sp³-hybridized carbons (Fsp3) is 0. The lowest BCUT2D eigenvalue weighted by molar-refractivity contribution is 0.564. The van der Waals surface area contributed by atoms with E-state index in [1.54, 1.807) is 48.2 Å². The van der Waals surface area contributed by atoms with Crippen LogP contribution in [0, 0.1) is 0 Å². The second-order valence-corrected chi connectivity index (χ2v) is 11.0. The zero-order valence-corrected chi connectivity index (χ0v) is 23.6. The maximum absolute atomic E-state index is 11.1. The summed E-state index contributed by atoms with van der Waals surface area (Å²) in [7, 11) is 0. The molecule has 0 aliphatic heterocycles. The highest BCUT2D eigenvalue weighted by Gasteiger charge is 2.17. The van der Waals surface area contributed by atoms with Crippen LogP contribution in [0.1, 0.15) is 0 Å². The van der Waals surface area contributed by atoms with E-state index >= 15 is 0 Å². The molecular weight excluding hydrogens is 571 g/mol. The first-order chi connectivity index (χ1) is 20.1. The van der Waals surface area contributed by atoms with Crippen LogP contribution in [0.5, 0.6) is 0 Å². The van der Waals surface area contributed by atoms with Gasteiger partial charge >= 0.3 is 0 Å². The average molecular weight is 590 g/mol. The Morgan fingerprint density at radius 3 is 1.37 bits per heavy atom. The van der Waals surface area contributed by atoms with E-state index in [4.69, 9.17) is 23.2 Å². The van der Waals surface area contributed by atoms with Crippen molar-refractivity contribution >= 4 is 80.0 Å². The van der Waals surface area contributed by atoms with Gasteiger partial charge < -0.3 is 0 Å². The topological polar surface area (TPSA) is 58.9 Å². The fourth-order valence-corrected chi connectivity index (χ4v) is 6.77. The second kappa shape index (κ2) is 11.6. The monoisotopic (exact) mass is 588 g/mol. The Kier molecular flexibility index (Phi) is 7.54. The van der Waals surface area contributed by atoms with E-state index in [-0.39, 0.29) is 0 Å². The summed E-state index contributed by atoms with van der Waals surface area (Å²) in [5, 5.41) is 4.22. The molecule has 0 saturated heterocycles. The fourth-order valence-electron chi connectivity index (χ4n) is 5.12. The Labute approximate surface area is 250 Å². The summed E-state index contributed by atoms with van der Waals surface area (Å²) in [6.45, 7) is 0. The molecule has 0 saturated carbocycles. The van der Waals surface area contributed by atoms with Crippen LogP contribution in [0.3, 0.4) is 0 Å². The van der Waals surface area contributed by atoms with Crippen LogP contribution in [0.15, 0.2) is 129 Å². The van der Waals surface area contributed by atoms with Gasteiger partial charge in [0.15, 0.2) is 0 Å². The van der Waals surface area contributed by atoms with Gasteiger partial charge in [-0.25, -0.2) is 9.59 Å². The smallest absolute Gasteiger partial charge is 0.211 e. The Bertz CT molecular complexity index is 1930. The van der Waals surface area contributed by atoms with Crippen molar-refractivity contribution in [2.24, 2.45) is 9.98 Å². The number of aliphatic imine (C=N–C) groups is 2. The standard InChI is InChI=1S/C34H18Cl2N2O2S/c35-27-11-5-9-25-21(15-17-29(33(25)27)37-19-39)23-7-1-3-13-31(23)41-32-14-4-2-8-24(32)22-16-18-30(38-20-40)34-26(22)10-6-12-28(34)36/h1-18H. The molecular formula is C34H18Cl2N2O2S. The lowest BCUT2D eigenvalue weighted by Gasteiger charge is -2.16. The number of halogens is 2. The summed E-state index contributed by atoms with van der Waals surface area (Å²) in [5.74, 6) is 0. The molecule has 0 N–H and O–H groups in total. The zero-order valence-electron chi connectivity index (χ0n) is 21.3. The molecule has 0 unspecified atom stereocenters. The number of fused-ring (bicyclic) bond motifs is 2. The van der Waals surface area contributed by atoms with Crippen molar-refractivity contribution in [3.8, 4) is 22.3 Å². The highest BCUT2D eigenvalue weighted by atomic mass is 35.5. The molecule has 0 aliphatic carbocycles. The van der Waals surface area contributed by atoms with Gasteiger partial charge in [0.25, 0.3) is 0 Å². The molecule has 6 aromatic rings. The highest BCUT2D eigenvalue weighted by Crippen LogP contribution is 2.46. The lowest BCUT2D eigenvalue weighted by atomic mass is 9.97. The predicted molar refractivity (Wildman–Crippen MR) is 168 cm³/mol. The third-order valence-electron chi connectivity index (χ3n) is 6.84. The van der Waals surface area contributed by atoms with Crippen molar-refractivity contribution in [1.82, 2.24) is 0 Å². The van der Waals surface area contributed by atoms with E-state index < -0.39 is 0 Å². The number of nitrogens with zero attached hydrogens (tertiary/aromatic N) is 2. The molecule has 6 aromatic carbocycles. The third kappa shape index (κ3) is 4.98. The molecule has 0 amide bonds. The van der Waals surface area contributed by atoms with Gasteiger partial charge in [-0.3, -0.25) is 0 Å². The van der Waals surface area contributed by atoms with E-state index in [9.17, 15) is 9.59 Å². The molecule has 41 heavy (non-hydrogen) atoms. The molecule has 0 atom stereocenters. The summed E-state index contributed by atoms with van der Waals surface area (Å²) in [4.78, 5) is 32.0. The van der Waals surface area contributed by atoms with Crippen molar-refractivity contribution in [2.45, 2.75) is 9.79 Å². The van der Waals surface area contributed by atoms with Crippen LogP contribution in [-0.2, 0) is 9.59 Å². The number of benzene rings is 6. The van der Waals surface area contributed by atoms with Gasteiger partial charge in [0.05, 0.1) is 21.4 Å². The van der Waals surface area contributed by atoms with E-state index in [1.807, 2.05) is 60.7 Å². The van der Waals surface area contributed by atoms with Crippen LogP contribution >= 0.6 is 35.0 Å². The van der Waals surface area contributed by atoms with Gasteiger partial charge in [0.2, 0.25) is 12.2 Å². The summed E-state index contributed by atoms with van der Waals surface area (Å²) in [6.07, 6.45) is 3.27. The summed E-state index contributed by atoms with van der Waals surface area (Å²) < 4.78 is 0. The molecule has 6 rings (SSSR count). The minimum absolute atomic E-state index is 0.479. The Balaban J connectivity index is 1.52. The van der Waals surface area contributed by atoms with Gasteiger partial charge in [-0.15, -0.1) is 0 Å². The normalized spacial score (nSPS) is 10.8. The maximum atomic E-state index is 11.1.